The first kappa shape index (κ1) is 15.7. The molecule has 0 bridgehead atoms. The van der Waals surface area contributed by atoms with Crippen molar-refractivity contribution in [3.63, 3.8) is 0 Å². The van der Waals surface area contributed by atoms with Crippen molar-refractivity contribution in [2.24, 2.45) is 5.73 Å². The summed E-state index contributed by atoms with van der Waals surface area (Å²) in [6.07, 6.45) is 0.185. The van der Waals surface area contributed by atoms with Gasteiger partial charge in [0.25, 0.3) is 5.91 Å². The van der Waals surface area contributed by atoms with E-state index in [1.807, 2.05) is 0 Å². The Morgan fingerprint density at radius 3 is 2.32 bits per heavy atom. The highest BCUT2D eigenvalue weighted by Crippen LogP contribution is 2.23. The SMILES string of the molecule is NC(=O)c1ccc(Cc2ccc(OC(F)F)cc2)c(F)c1N. The Kier molecular flexibility index (Phi) is 4.55. The molecule has 116 valence electrons. The van der Waals surface area contributed by atoms with Crippen LogP contribution in [-0.2, 0) is 6.42 Å². The molecular formula is C15H13F3N2O2. The van der Waals surface area contributed by atoms with Crippen LogP contribution in [-0.4, -0.2) is 12.5 Å². The summed E-state index contributed by atoms with van der Waals surface area (Å²) in [4.78, 5) is 11.1. The van der Waals surface area contributed by atoms with Crippen molar-refractivity contribution >= 4 is 11.6 Å². The molecule has 0 aromatic heterocycles. The number of nitrogen functional groups attached to an aromatic ring is 1. The van der Waals surface area contributed by atoms with E-state index < -0.39 is 18.3 Å². The van der Waals surface area contributed by atoms with Crippen molar-refractivity contribution in [3.8, 4) is 5.75 Å². The normalized spacial score (nSPS) is 10.7. The van der Waals surface area contributed by atoms with E-state index in [9.17, 15) is 18.0 Å². The van der Waals surface area contributed by atoms with Crippen LogP contribution >= 0.6 is 0 Å². The second kappa shape index (κ2) is 6.38. The number of alkyl halides is 2. The van der Waals surface area contributed by atoms with Crippen LogP contribution in [0.15, 0.2) is 36.4 Å². The van der Waals surface area contributed by atoms with E-state index in [0.717, 1.165) is 0 Å². The van der Waals surface area contributed by atoms with E-state index in [2.05, 4.69) is 4.74 Å². The lowest BCUT2D eigenvalue weighted by Crippen LogP contribution is -2.15. The van der Waals surface area contributed by atoms with Gasteiger partial charge in [-0.15, -0.1) is 0 Å². The van der Waals surface area contributed by atoms with Crippen LogP contribution in [0.25, 0.3) is 0 Å². The van der Waals surface area contributed by atoms with Gasteiger partial charge in [-0.2, -0.15) is 8.78 Å². The molecule has 0 atom stereocenters. The second-order valence-electron chi connectivity index (χ2n) is 4.56. The van der Waals surface area contributed by atoms with E-state index in [1.165, 1.54) is 36.4 Å². The molecule has 2 aromatic carbocycles. The topological polar surface area (TPSA) is 78.3 Å². The van der Waals surface area contributed by atoms with Gasteiger partial charge >= 0.3 is 6.61 Å². The molecule has 0 aliphatic carbocycles. The Bertz CT molecular complexity index is 688. The maximum atomic E-state index is 14.1. The first-order valence-corrected chi connectivity index (χ1v) is 6.29. The summed E-state index contributed by atoms with van der Waals surface area (Å²) in [5.41, 5.74) is 11.2. The van der Waals surface area contributed by atoms with Crippen LogP contribution in [0.4, 0.5) is 18.9 Å². The van der Waals surface area contributed by atoms with Crippen LogP contribution < -0.4 is 16.2 Å². The first-order valence-electron chi connectivity index (χ1n) is 6.29. The monoisotopic (exact) mass is 310 g/mol. The Morgan fingerprint density at radius 2 is 1.77 bits per heavy atom. The average molecular weight is 310 g/mol. The van der Waals surface area contributed by atoms with Crippen LogP contribution in [0.5, 0.6) is 5.75 Å². The van der Waals surface area contributed by atoms with Crippen molar-refractivity contribution in [1.29, 1.82) is 0 Å². The smallest absolute Gasteiger partial charge is 0.387 e. The summed E-state index contributed by atoms with van der Waals surface area (Å²) >= 11 is 0. The first-order chi connectivity index (χ1) is 10.4. The number of hydrogen-bond donors (Lipinski definition) is 2. The van der Waals surface area contributed by atoms with Crippen molar-refractivity contribution in [2.45, 2.75) is 13.0 Å². The lowest BCUT2D eigenvalue weighted by atomic mass is 10.0. The Balaban J connectivity index is 2.20. The van der Waals surface area contributed by atoms with Crippen molar-refractivity contribution in [3.05, 3.63) is 58.9 Å². The number of carbonyl (C=O) groups excluding carboxylic acids is 1. The number of primary amides is 1. The van der Waals surface area contributed by atoms with Gasteiger partial charge in [-0.25, -0.2) is 4.39 Å². The van der Waals surface area contributed by atoms with Crippen LogP contribution in [0.3, 0.4) is 0 Å². The fourth-order valence-electron chi connectivity index (χ4n) is 2.00. The number of amides is 1. The van der Waals surface area contributed by atoms with Gasteiger partial charge in [-0.1, -0.05) is 18.2 Å². The quantitative estimate of drug-likeness (QED) is 0.833. The van der Waals surface area contributed by atoms with E-state index >= 15 is 0 Å². The molecule has 0 fully saturated rings. The van der Waals surface area contributed by atoms with Gasteiger partial charge in [0.1, 0.15) is 11.6 Å². The third-order valence-corrected chi connectivity index (χ3v) is 3.07. The minimum atomic E-state index is -2.90. The number of ether oxygens (including phenoxy) is 1. The number of anilines is 1. The molecule has 0 saturated heterocycles. The number of rotatable bonds is 5. The molecule has 4 N–H and O–H groups in total. The van der Waals surface area contributed by atoms with E-state index in [0.29, 0.717) is 5.56 Å². The van der Waals surface area contributed by atoms with Gasteiger partial charge in [0, 0.05) is 6.42 Å². The molecule has 0 aliphatic rings. The zero-order valence-corrected chi connectivity index (χ0v) is 11.4. The fourth-order valence-corrected chi connectivity index (χ4v) is 2.00. The predicted molar refractivity (Wildman–Crippen MR) is 75.2 cm³/mol. The third kappa shape index (κ3) is 3.49. The molecule has 22 heavy (non-hydrogen) atoms. The summed E-state index contributed by atoms with van der Waals surface area (Å²) in [6.45, 7) is -2.90. The molecule has 1 amide bonds. The minimum Gasteiger partial charge on any atom is -0.435 e. The van der Waals surface area contributed by atoms with Crippen molar-refractivity contribution < 1.29 is 22.7 Å². The molecule has 0 unspecified atom stereocenters. The highest BCUT2D eigenvalue weighted by Gasteiger charge is 2.14. The molecule has 0 aliphatic heterocycles. The van der Waals surface area contributed by atoms with Crippen LogP contribution in [0, 0.1) is 5.82 Å². The molecule has 0 saturated carbocycles. The Labute approximate surface area is 124 Å². The number of nitrogens with two attached hydrogens (primary N) is 2. The minimum absolute atomic E-state index is 0.0165. The van der Waals surface area contributed by atoms with Crippen molar-refractivity contribution in [1.82, 2.24) is 0 Å². The van der Waals surface area contributed by atoms with Gasteiger partial charge in [0.2, 0.25) is 0 Å². The number of halogens is 3. The Morgan fingerprint density at radius 1 is 1.14 bits per heavy atom. The molecule has 0 radical (unpaired) electrons. The largest absolute Gasteiger partial charge is 0.435 e. The summed E-state index contributed by atoms with van der Waals surface area (Å²) in [5.74, 6) is -1.51. The summed E-state index contributed by atoms with van der Waals surface area (Å²) in [5, 5.41) is 0. The zero-order chi connectivity index (χ0) is 16.3. The standard InChI is InChI=1S/C15H13F3N2O2/c16-12-9(3-6-11(13(12)19)14(20)21)7-8-1-4-10(5-2-8)22-15(17)18/h1-6,15H,7,19H2,(H2,20,21). The second-order valence-corrected chi connectivity index (χ2v) is 4.56. The maximum absolute atomic E-state index is 14.1. The molecule has 0 spiro atoms. The molecule has 0 heterocycles. The predicted octanol–water partition coefficient (Wildman–Crippen LogP) is 2.70. The van der Waals surface area contributed by atoms with Gasteiger partial charge < -0.3 is 16.2 Å². The fraction of sp³-hybridized carbons (Fsp3) is 0.133. The summed E-state index contributed by atoms with van der Waals surface area (Å²) < 4.78 is 42.4. The van der Waals surface area contributed by atoms with Gasteiger partial charge in [-0.3, -0.25) is 4.79 Å². The van der Waals surface area contributed by atoms with Crippen LogP contribution in [0.1, 0.15) is 21.5 Å². The number of hydrogen-bond acceptors (Lipinski definition) is 3. The van der Waals surface area contributed by atoms with Gasteiger partial charge in [0.05, 0.1) is 11.3 Å². The lowest BCUT2D eigenvalue weighted by Gasteiger charge is -2.09. The zero-order valence-electron chi connectivity index (χ0n) is 11.4. The van der Waals surface area contributed by atoms with E-state index in [4.69, 9.17) is 11.5 Å². The molecule has 2 rings (SSSR count). The average Bonchev–Trinajstić information content (AvgIpc) is 2.45. The lowest BCUT2D eigenvalue weighted by molar-refractivity contribution is -0.0498. The summed E-state index contributed by atoms with van der Waals surface area (Å²) in [6, 6.07) is 8.56. The molecular weight excluding hydrogens is 297 g/mol. The molecule has 7 heteroatoms. The molecule has 4 nitrogen and oxygen atoms in total. The number of benzene rings is 2. The van der Waals surface area contributed by atoms with Crippen LogP contribution in [0.2, 0.25) is 0 Å². The van der Waals surface area contributed by atoms with E-state index in [-0.39, 0.29) is 29.0 Å². The van der Waals surface area contributed by atoms with Gasteiger partial charge in [-0.05, 0) is 29.3 Å². The van der Waals surface area contributed by atoms with Gasteiger partial charge in [0.15, 0.2) is 0 Å². The third-order valence-electron chi connectivity index (χ3n) is 3.07. The Hall–Kier alpha value is -2.70. The molecule has 2 aromatic rings. The number of carbonyl (C=O) groups is 1. The van der Waals surface area contributed by atoms with Crippen molar-refractivity contribution in [2.75, 3.05) is 5.73 Å². The highest BCUT2D eigenvalue weighted by molar-refractivity contribution is 5.98. The summed E-state index contributed by atoms with van der Waals surface area (Å²) in [7, 11) is 0. The maximum Gasteiger partial charge on any atom is 0.387 e. The highest BCUT2D eigenvalue weighted by atomic mass is 19.3. The van der Waals surface area contributed by atoms with E-state index in [1.54, 1.807) is 0 Å².